The van der Waals surface area contributed by atoms with Gasteiger partial charge in [0.15, 0.2) is 5.76 Å². The van der Waals surface area contributed by atoms with E-state index in [2.05, 4.69) is 21.2 Å². The van der Waals surface area contributed by atoms with E-state index in [1.165, 1.54) is 0 Å². The predicted octanol–water partition coefficient (Wildman–Crippen LogP) is 3.18. The molecule has 1 atom stereocenters. The fourth-order valence-corrected chi connectivity index (χ4v) is 2.21. The first-order valence-electron chi connectivity index (χ1n) is 6.17. The fourth-order valence-electron chi connectivity index (χ4n) is 1.83. The van der Waals surface area contributed by atoms with Crippen molar-refractivity contribution < 1.29 is 19.1 Å². The molecule has 2 N–H and O–H groups in total. The smallest absolute Gasteiger partial charge is 0.303 e. The molecule has 1 heterocycles. The molecule has 1 aromatic carbocycles. The Kier molecular flexibility index (Phi) is 4.44. The molecule has 1 unspecified atom stereocenters. The summed E-state index contributed by atoms with van der Waals surface area (Å²) in [5.41, 5.74) is 0.636. The van der Waals surface area contributed by atoms with Gasteiger partial charge in [0, 0.05) is 22.3 Å². The molecule has 0 aliphatic heterocycles. The number of nitrogens with one attached hydrogen (secondary N) is 1. The number of halogens is 1. The van der Waals surface area contributed by atoms with Gasteiger partial charge in [0.1, 0.15) is 5.58 Å². The van der Waals surface area contributed by atoms with E-state index in [9.17, 15) is 9.59 Å². The number of rotatable bonds is 5. The third-order valence-corrected chi connectivity index (χ3v) is 3.36. The summed E-state index contributed by atoms with van der Waals surface area (Å²) in [6, 6.07) is 6.93. The maximum atomic E-state index is 12.0. The second-order valence-corrected chi connectivity index (χ2v) is 5.52. The molecule has 0 saturated heterocycles. The highest BCUT2D eigenvalue weighted by Gasteiger charge is 2.15. The summed E-state index contributed by atoms with van der Waals surface area (Å²) in [7, 11) is 0. The van der Waals surface area contributed by atoms with Crippen LogP contribution in [-0.2, 0) is 4.79 Å². The molecule has 2 aromatic rings. The number of furan rings is 1. The standard InChI is InChI=1S/C14H14BrNO4/c1-8(2-5-13(17)18)16-14(19)12-7-9-6-10(15)3-4-11(9)20-12/h3-4,6-8H,2,5H2,1H3,(H,16,19)(H,17,18). The number of aliphatic carboxylic acids is 1. The van der Waals surface area contributed by atoms with Gasteiger partial charge in [-0.1, -0.05) is 15.9 Å². The molecular weight excluding hydrogens is 326 g/mol. The summed E-state index contributed by atoms with van der Waals surface area (Å²) >= 11 is 3.36. The first-order chi connectivity index (χ1) is 9.45. The monoisotopic (exact) mass is 339 g/mol. The first kappa shape index (κ1) is 14.6. The number of carboxylic acids is 1. The lowest BCUT2D eigenvalue weighted by Crippen LogP contribution is -2.32. The number of benzene rings is 1. The molecule has 106 valence electrons. The number of hydrogen-bond donors (Lipinski definition) is 2. The van der Waals surface area contributed by atoms with Gasteiger partial charge in [0.2, 0.25) is 0 Å². The van der Waals surface area contributed by atoms with E-state index in [1.807, 2.05) is 12.1 Å². The number of fused-ring (bicyclic) bond motifs is 1. The van der Waals surface area contributed by atoms with E-state index in [-0.39, 0.29) is 24.1 Å². The lowest BCUT2D eigenvalue weighted by molar-refractivity contribution is -0.137. The van der Waals surface area contributed by atoms with Crippen molar-refractivity contribution in [3.05, 3.63) is 34.5 Å². The summed E-state index contributed by atoms with van der Waals surface area (Å²) in [4.78, 5) is 22.5. The Balaban J connectivity index is 2.05. The van der Waals surface area contributed by atoms with Crippen LogP contribution in [0.3, 0.4) is 0 Å². The highest BCUT2D eigenvalue weighted by atomic mass is 79.9. The zero-order valence-electron chi connectivity index (χ0n) is 10.9. The number of carboxylic acid groups (broad SMARTS) is 1. The Morgan fingerprint density at radius 1 is 1.40 bits per heavy atom. The van der Waals surface area contributed by atoms with Gasteiger partial charge < -0.3 is 14.8 Å². The Bertz CT molecular complexity index is 650. The lowest BCUT2D eigenvalue weighted by atomic mass is 10.2. The Labute approximate surface area is 124 Å². The van der Waals surface area contributed by atoms with Crippen LogP contribution in [0.2, 0.25) is 0 Å². The largest absolute Gasteiger partial charge is 0.481 e. The van der Waals surface area contributed by atoms with Gasteiger partial charge in [-0.2, -0.15) is 0 Å². The van der Waals surface area contributed by atoms with E-state index >= 15 is 0 Å². The van der Waals surface area contributed by atoms with Crippen LogP contribution in [0.4, 0.5) is 0 Å². The summed E-state index contributed by atoms with van der Waals surface area (Å²) < 4.78 is 6.37. The molecule has 0 aliphatic carbocycles. The molecule has 0 radical (unpaired) electrons. The van der Waals surface area contributed by atoms with Crippen molar-refractivity contribution in [1.82, 2.24) is 5.32 Å². The highest BCUT2D eigenvalue weighted by molar-refractivity contribution is 9.10. The first-order valence-corrected chi connectivity index (χ1v) is 6.97. The van der Waals surface area contributed by atoms with Crippen LogP contribution in [0, 0.1) is 0 Å². The maximum Gasteiger partial charge on any atom is 0.303 e. The van der Waals surface area contributed by atoms with Crippen LogP contribution >= 0.6 is 15.9 Å². The molecule has 1 amide bonds. The van der Waals surface area contributed by atoms with Crippen molar-refractivity contribution in [3.8, 4) is 0 Å². The SMILES string of the molecule is CC(CCC(=O)O)NC(=O)c1cc2cc(Br)ccc2o1. The van der Waals surface area contributed by atoms with E-state index in [0.717, 1.165) is 9.86 Å². The minimum Gasteiger partial charge on any atom is -0.481 e. The second kappa shape index (κ2) is 6.09. The van der Waals surface area contributed by atoms with Crippen molar-refractivity contribution in [2.45, 2.75) is 25.8 Å². The summed E-state index contributed by atoms with van der Waals surface area (Å²) in [6.45, 7) is 1.76. The third-order valence-electron chi connectivity index (χ3n) is 2.87. The normalized spacial score (nSPS) is 12.3. The summed E-state index contributed by atoms with van der Waals surface area (Å²) in [6.07, 6.45) is 0.404. The Morgan fingerprint density at radius 2 is 2.15 bits per heavy atom. The van der Waals surface area contributed by atoms with Crippen LogP contribution in [0.5, 0.6) is 0 Å². The predicted molar refractivity (Wildman–Crippen MR) is 77.7 cm³/mol. The average Bonchev–Trinajstić information content (AvgIpc) is 2.79. The van der Waals surface area contributed by atoms with Gasteiger partial charge in [0.05, 0.1) is 0 Å². The molecule has 0 bridgehead atoms. The minimum atomic E-state index is -0.875. The van der Waals surface area contributed by atoms with Crippen molar-refractivity contribution in [3.63, 3.8) is 0 Å². The van der Waals surface area contributed by atoms with Crippen molar-refractivity contribution in [2.75, 3.05) is 0 Å². The molecule has 1 aromatic heterocycles. The van der Waals surface area contributed by atoms with Gasteiger partial charge in [-0.25, -0.2) is 0 Å². The van der Waals surface area contributed by atoms with Gasteiger partial charge >= 0.3 is 5.97 Å². The summed E-state index contributed by atoms with van der Waals surface area (Å²) in [5, 5.41) is 12.2. The van der Waals surface area contributed by atoms with E-state index in [4.69, 9.17) is 9.52 Å². The number of carbonyl (C=O) groups is 2. The highest BCUT2D eigenvalue weighted by Crippen LogP contribution is 2.23. The Morgan fingerprint density at radius 3 is 2.85 bits per heavy atom. The molecule has 0 spiro atoms. The van der Waals surface area contributed by atoms with Crippen LogP contribution in [0.15, 0.2) is 33.2 Å². The molecule has 5 nitrogen and oxygen atoms in total. The molecule has 6 heteroatoms. The van der Waals surface area contributed by atoms with Crippen LogP contribution in [0.1, 0.15) is 30.3 Å². The number of amides is 1. The van der Waals surface area contributed by atoms with E-state index in [1.54, 1.807) is 19.1 Å². The van der Waals surface area contributed by atoms with E-state index in [0.29, 0.717) is 12.0 Å². The van der Waals surface area contributed by atoms with Crippen LogP contribution < -0.4 is 5.32 Å². The number of hydrogen-bond acceptors (Lipinski definition) is 3. The van der Waals surface area contributed by atoms with Gasteiger partial charge in [-0.15, -0.1) is 0 Å². The van der Waals surface area contributed by atoms with Crippen molar-refractivity contribution in [2.24, 2.45) is 0 Å². The minimum absolute atomic E-state index is 0.0223. The van der Waals surface area contributed by atoms with Crippen LogP contribution in [0.25, 0.3) is 11.0 Å². The second-order valence-electron chi connectivity index (χ2n) is 4.60. The topological polar surface area (TPSA) is 79.5 Å². The van der Waals surface area contributed by atoms with Crippen molar-refractivity contribution in [1.29, 1.82) is 0 Å². The Hall–Kier alpha value is -1.82. The molecule has 0 saturated carbocycles. The zero-order chi connectivity index (χ0) is 14.7. The van der Waals surface area contributed by atoms with Gasteiger partial charge in [0.25, 0.3) is 5.91 Å². The zero-order valence-corrected chi connectivity index (χ0v) is 12.4. The molecule has 2 rings (SSSR count). The average molecular weight is 340 g/mol. The summed E-state index contributed by atoms with van der Waals surface area (Å²) in [5.74, 6) is -0.991. The van der Waals surface area contributed by atoms with Gasteiger partial charge in [-0.05, 0) is 37.6 Å². The quantitative estimate of drug-likeness (QED) is 0.876. The van der Waals surface area contributed by atoms with Crippen LogP contribution in [-0.4, -0.2) is 23.0 Å². The third kappa shape index (κ3) is 3.60. The lowest BCUT2D eigenvalue weighted by Gasteiger charge is -2.10. The van der Waals surface area contributed by atoms with Crippen molar-refractivity contribution >= 4 is 38.8 Å². The van der Waals surface area contributed by atoms with E-state index < -0.39 is 5.97 Å². The fraction of sp³-hybridized carbons (Fsp3) is 0.286. The number of carbonyl (C=O) groups excluding carboxylic acids is 1. The molecule has 20 heavy (non-hydrogen) atoms. The molecule has 0 fully saturated rings. The van der Waals surface area contributed by atoms with Gasteiger partial charge in [-0.3, -0.25) is 9.59 Å². The maximum absolute atomic E-state index is 12.0. The molecule has 0 aliphatic rings. The molecular formula is C14H14BrNO4.